The fourth-order valence-corrected chi connectivity index (χ4v) is 6.68. The number of imidazole rings is 1. The number of halogens is 2. The molecule has 12 heteroatoms. The van der Waals surface area contributed by atoms with E-state index in [4.69, 9.17) is 15.5 Å². The van der Waals surface area contributed by atoms with E-state index in [9.17, 15) is 9.59 Å². The van der Waals surface area contributed by atoms with Crippen LogP contribution in [-0.2, 0) is 4.79 Å². The van der Waals surface area contributed by atoms with Gasteiger partial charge in [0.05, 0.1) is 12.6 Å². The molecule has 3 aromatic heterocycles. The Bertz CT molecular complexity index is 1780. The van der Waals surface area contributed by atoms with Crippen molar-refractivity contribution in [3.8, 4) is 17.0 Å². The minimum atomic E-state index is -3.01. The van der Waals surface area contributed by atoms with Gasteiger partial charge in [-0.15, -0.1) is 0 Å². The Morgan fingerprint density at radius 3 is 2.72 bits per heavy atom. The van der Waals surface area contributed by atoms with E-state index in [1.165, 1.54) is 4.90 Å². The highest BCUT2D eigenvalue weighted by Gasteiger charge is 2.77. The first kappa shape index (κ1) is 27.2. The molecule has 1 aliphatic carbocycles. The van der Waals surface area contributed by atoms with E-state index in [1.54, 1.807) is 42.9 Å². The number of amides is 2. The van der Waals surface area contributed by atoms with Crippen LogP contribution in [0.2, 0.25) is 0 Å². The molecule has 5 heterocycles. The van der Waals surface area contributed by atoms with E-state index in [-0.39, 0.29) is 43.5 Å². The van der Waals surface area contributed by atoms with Crippen molar-refractivity contribution < 1.29 is 23.1 Å². The van der Waals surface area contributed by atoms with E-state index in [0.29, 0.717) is 52.8 Å². The lowest BCUT2D eigenvalue weighted by atomic mass is 9.89. The van der Waals surface area contributed by atoms with Crippen molar-refractivity contribution in [2.75, 3.05) is 24.2 Å². The third-order valence-electron chi connectivity index (χ3n) is 8.99. The number of hydrogen-bond acceptors (Lipinski definition) is 7. The van der Waals surface area contributed by atoms with Crippen LogP contribution in [0.5, 0.6) is 5.75 Å². The van der Waals surface area contributed by atoms with Crippen LogP contribution < -0.4 is 15.8 Å². The number of alkyl halides is 2. The molecule has 0 unspecified atom stereocenters. The van der Waals surface area contributed by atoms with Crippen LogP contribution in [0.15, 0.2) is 48.9 Å². The molecule has 7 rings (SSSR count). The van der Waals surface area contributed by atoms with Crippen LogP contribution in [0.3, 0.4) is 0 Å². The lowest BCUT2D eigenvalue weighted by molar-refractivity contribution is -0.135. The van der Waals surface area contributed by atoms with Crippen LogP contribution in [0.4, 0.5) is 20.4 Å². The number of pyridine rings is 1. The van der Waals surface area contributed by atoms with E-state index in [0.717, 1.165) is 5.56 Å². The summed E-state index contributed by atoms with van der Waals surface area (Å²) in [6.07, 6.45) is 6.05. The number of fused-ring (bicyclic) bond motifs is 2. The van der Waals surface area contributed by atoms with Gasteiger partial charge in [0.2, 0.25) is 5.91 Å². The maximum Gasteiger partial charge on any atom is 0.282 e. The normalized spacial score (nSPS) is 21.7. The number of ether oxygens (including phenoxy) is 1. The highest BCUT2D eigenvalue weighted by atomic mass is 19.3. The van der Waals surface area contributed by atoms with Crippen LogP contribution in [0.1, 0.15) is 60.3 Å². The average molecular weight is 588 g/mol. The molecule has 2 aliphatic heterocycles. The van der Waals surface area contributed by atoms with Crippen molar-refractivity contribution in [2.45, 2.75) is 57.4 Å². The van der Waals surface area contributed by atoms with Crippen molar-refractivity contribution in [1.29, 1.82) is 0 Å². The van der Waals surface area contributed by atoms with Gasteiger partial charge in [-0.25, -0.2) is 23.7 Å². The number of carbonyl (C=O) groups is 2. The number of piperidine rings is 1. The lowest BCUT2D eigenvalue weighted by Gasteiger charge is -2.36. The minimum Gasteiger partial charge on any atom is -0.493 e. The molecular formula is C31H31F2N7O3. The van der Waals surface area contributed by atoms with Crippen molar-refractivity contribution in [3.05, 3.63) is 65.9 Å². The summed E-state index contributed by atoms with van der Waals surface area (Å²) in [5, 5.41) is 2.81. The number of anilines is 2. The van der Waals surface area contributed by atoms with Gasteiger partial charge in [-0.05, 0) is 75.4 Å². The number of nitrogens with two attached hydrogens (primary N) is 1. The number of nitrogens with zero attached hydrogens (tertiary/aromatic N) is 5. The van der Waals surface area contributed by atoms with Crippen LogP contribution in [0.25, 0.3) is 16.8 Å². The molecule has 2 amide bonds. The first-order valence-electron chi connectivity index (χ1n) is 14.5. The Balaban J connectivity index is 1.25. The van der Waals surface area contributed by atoms with Gasteiger partial charge in [-0.3, -0.25) is 14.0 Å². The number of nitrogen functional groups attached to an aromatic ring is 1. The maximum absolute atomic E-state index is 15.2. The third-order valence-corrected chi connectivity index (χ3v) is 8.99. The van der Waals surface area contributed by atoms with Crippen LogP contribution in [-0.4, -0.2) is 61.2 Å². The molecular weight excluding hydrogens is 556 g/mol. The summed E-state index contributed by atoms with van der Waals surface area (Å²) in [6.45, 7) is 4.25. The quantitative estimate of drug-likeness (QED) is 0.331. The summed E-state index contributed by atoms with van der Waals surface area (Å²) < 4.78 is 38.3. The van der Waals surface area contributed by atoms with Gasteiger partial charge in [0.25, 0.3) is 11.8 Å². The van der Waals surface area contributed by atoms with E-state index >= 15 is 8.78 Å². The Labute approximate surface area is 246 Å². The number of aromatic nitrogens is 4. The Morgan fingerprint density at radius 2 is 1.98 bits per heavy atom. The van der Waals surface area contributed by atoms with Crippen molar-refractivity contribution in [3.63, 3.8) is 0 Å². The summed E-state index contributed by atoms with van der Waals surface area (Å²) in [6, 6.07) is 7.61. The molecule has 3 N–H and O–H groups in total. The zero-order chi connectivity index (χ0) is 30.1. The number of hydrogen-bond donors (Lipinski definition) is 2. The first-order valence-corrected chi connectivity index (χ1v) is 14.5. The van der Waals surface area contributed by atoms with Gasteiger partial charge < -0.3 is 20.7 Å². The predicted octanol–water partition coefficient (Wildman–Crippen LogP) is 4.84. The highest BCUT2D eigenvalue weighted by molar-refractivity contribution is 6.04. The second-order valence-electron chi connectivity index (χ2n) is 11.6. The number of carbonyl (C=O) groups excluding carboxylic acids is 2. The smallest absolute Gasteiger partial charge is 0.282 e. The molecule has 3 aliphatic rings. The first-order chi connectivity index (χ1) is 20.6. The molecule has 4 aromatic rings. The summed E-state index contributed by atoms with van der Waals surface area (Å²) in [4.78, 5) is 41.1. The molecule has 2 atom stereocenters. The summed E-state index contributed by atoms with van der Waals surface area (Å²) in [5.74, 6) is -2.37. The van der Waals surface area contributed by atoms with Gasteiger partial charge in [-0.2, -0.15) is 0 Å². The van der Waals surface area contributed by atoms with E-state index < -0.39 is 23.3 Å². The molecule has 2 saturated heterocycles. The second-order valence-corrected chi connectivity index (χ2v) is 11.6. The number of benzene rings is 1. The molecule has 0 radical (unpaired) electrons. The third kappa shape index (κ3) is 4.14. The fourth-order valence-electron chi connectivity index (χ4n) is 6.68. The van der Waals surface area contributed by atoms with Gasteiger partial charge in [0.1, 0.15) is 39.8 Å². The summed E-state index contributed by atoms with van der Waals surface area (Å²) >= 11 is 0. The molecule has 1 spiro atoms. The molecule has 222 valence electrons. The Kier molecular flexibility index (Phi) is 6.15. The molecule has 43 heavy (non-hydrogen) atoms. The fraction of sp³-hybridized carbons (Fsp3) is 0.387. The van der Waals surface area contributed by atoms with Gasteiger partial charge in [0, 0.05) is 42.2 Å². The molecule has 10 nitrogen and oxygen atoms in total. The topological polar surface area (TPSA) is 128 Å². The number of aryl methyl sites for hydroxylation is 1. The van der Waals surface area contributed by atoms with E-state index in [1.807, 2.05) is 24.3 Å². The molecule has 1 saturated carbocycles. The second kappa shape index (κ2) is 9.72. The molecule has 1 aromatic carbocycles. The highest BCUT2D eigenvalue weighted by Crippen LogP contribution is 2.65. The summed E-state index contributed by atoms with van der Waals surface area (Å²) in [7, 11) is 0. The number of nitrogens with one attached hydrogen (secondary N) is 1. The van der Waals surface area contributed by atoms with Crippen LogP contribution in [0, 0.1) is 12.3 Å². The largest absolute Gasteiger partial charge is 0.493 e. The van der Waals surface area contributed by atoms with Crippen LogP contribution >= 0.6 is 0 Å². The van der Waals surface area contributed by atoms with Gasteiger partial charge in [0.15, 0.2) is 0 Å². The Hall–Kier alpha value is -4.61. The van der Waals surface area contributed by atoms with Gasteiger partial charge in [-0.1, -0.05) is 0 Å². The molecule has 3 fully saturated rings. The SMILES string of the molecule is CCOc1cc(C(=O)Nc2cc(C)ccn2)ccc1-c1nc([C@H]2CC[C@H]3N(C2)C(=O)C2(CC2)C3(F)F)n2ccnc(N)c12. The summed E-state index contributed by atoms with van der Waals surface area (Å²) in [5.41, 5.74) is 7.83. The van der Waals surface area contributed by atoms with E-state index in [2.05, 4.69) is 15.3 Å². The van der Waals surface area contributed by atoms with Gasteiger partial charge >= 0.3 is 0 Å². The predicted molar refractivity (Wildman–Crippen MR) is 155 cm³/mol. The maximum atomic E-state index is 15.2. The number of rotatable bonds is 6. The molecule has 0 bridgehead atoms. The lowest BCUT2D eigenvalue weighted by Crippen LogP contribution is -2.46. The van der Waals surface area contributed by atoms with Crippen molar-refractivity contribution in [1.82, 2.24) is 24.3 Å². The zero-order valence-electron chi connectivity index (χ0n) is 23.8. The van der Waals surface area contributed by atoms with Crippen molar-refractivity contribution in [2.24, 2.45) is 5.41 Å². The zero-order valence-corrected chi connectivity index (χ0v) is 23.8. The minimum absolute atomic E-state index is 0.159. The Morgan fingerprint density at radius 1 is 1.16 bits per heavy atom. The monoisotopic (exact) mass is 587 g/mol. The standard InChI is InChI=1S/C31H31F2N7O3/c1-3-43-21-15-18(28(41)37-23-14-17(2)8-11-35-23)4-6-20(21)24-25-26(34)36-12-13-39(25)27(38-24)19-5-7-22-31(32,33)30(9-10-30)29(42)40(22)16-19/h4,6,8,11-15,19,22H,3,5,7,9-10,16H2,1-2H3,(H2,34,36)(H,35,37,41)/t19-,22+/m0/s1. The van der Waals surface area contributed by atoms with Crippen molar-refractivity contribution >= 4 is 29.0 Å². The average Bonchev–Trinajstić information content (AvgIpc) is 3.69.